The van der Waals surface area contributed by atoms with Crippen molar-refractivity contribution in [3.05, 3.63) is 24.3 Å². The maximum atomic E-state index is 12.2. The molecule has 8 heteroatoms. The average molecular weight is 320 g/mol. The number of hydrogen-bond donors (Lipinski definition) is 2. The second kappa shape index (κ2) is 7.15. The van der Waals surface area contributed by atoms with Crippen LogP contribution in [0.2, 0.25) is 0 Å². The van der Waals surface area contributed by atoms with E-state index < -0.39 is 23.1 Å². The van der Waals surface area contributed by atoms with Gasteiger partial charge in [-0.3, -0.25) is 0 Å². The Balaban J connectivity index is 1.93. The van der Waals surface area contributed by atoms with Crippen molar-refractivity contribution in [3.8, 4) is 0 Å². The number of rotatable bonds is 9. The highest BCUT2D eigenvalue weighted by Gasteiger charge is 2.29. The molecule has 21 heavy (non-hydrogen) atoms. The van der Waals surface area contributed by atoms with Crippen LogP contribution in [0.15, 0.2) is 29.2 Å². The highest BCUT2D eigenvalue weighted by Crippen LogP contribution is 2.25. The highest BCUT2D eigenvalue weighted by atomic mass is 32.2. The Labute approximate surface area is 122 Å². The Kier molecular flexibility index (Phi) is 5.49. The number of benzene rings is 1. The number of nitrogens with one attached hydrogen (secondary N) is 2. The first-order valence-corrected chi connectivity index (χ1v) is 8.18. The summed E-state index contributed by atoms with van der Waals surface area (Å²) in [5, 5.41) is 2.90. The second-order valence-electron chi connectivity index (χ2n) is 4.78. The molecule has 1 aromatic rings. The lowest BCUT2D eigenvalue weighted by molar-refractivity contribution is 0.0215. The van der Waals surface area contributed by atoms with Gasteiger partial charge in [0.2, 0.25) is 10.0 Å². The summed E-state index contributed by atoms with van der Waals surface area (Å²) >= 11 is 0. The fourth-order valence-corrected chi connectivity index (χ4v) is 3.25. The topological polar surface area (TPSA) is 67.4 Å². The number of hydrogen-bond acceptors (Lipinski definition) is 4. The van der Waals surface area contributed by atoms with Crippen molar-refractivity contribution in [2.75, 3.05) is 25.1 Å². The third-order valence-electron chi connectivity index (χ3n) is 2.88. The van der Waals surface area contributed by atoms with Gasteiger partial charge in [0.25, 0.3) is 6.43 Å². The molecule has 118 valence electrons. The minimum Gasteiger partial charge on any atom is -0.382 e. The van der Waals surface area contributed by atoms with Crippen LogP contribution in [0, 0.1) is 0 Å². The number of para-hydroxylation sites is 1. The predicted octanol–water partition coefficient (Wildman–Crippen LogP) is 1.82. The summed E-state index contributed by atoms with van der Waals surface area (Å²) in [4.78, 5) is 0.158. The average Bonchev–Trinajstić information content (AvgIpc) is 3.21. The van der Waals surface area contributed by atoms with E-state index in [0.717, 1.165) is 12.8 Å². The van der Waals surface area contributed by atoms with Gasteiger partial charge in [-0.2, -0.15) is 0 Å². The van der Waals surface area contributed by atoms with E-state index in [-0.39, 0.29) is 24.1 Å². The van der Waals surface area contributed by atoms with Gasteiger partial charge in [-0.25, -0.2) is 21.9 Å². The lowest BCUT2D eigenvalue weighted by Gasteiger charge is -2.13. The molecular formula is C13H18F2N2O3S. The number of anilines is 1. The molecule has 2 rings (SSSR count). The minimum atomic E-state index is -3.56. The van der Waals surface area contributed by atoms with Crippen LogP contribution in [0.1, 0.15) is 12.8 Å². The summed E-state index contributed by atoms with van der Waals surface area (Å²) in [6, 6.07) is 6.51. The van der Waals surface area contributed by atoms with E-state index in [0.29, 0.717) is 5.69 Å². The van der Waals surface area contributed by atoms with Crippen LogP contribution in [0.3, 0.4) is 0 Å². The van der Waals surface area contributed by atoms with E-state index >= 15 is 0 Å². The van der Waals surface area contributed by atoms with E-state index in [1.165, 1.54) is 6.07 Å². The van der Waals surface area contributed by atoms with Gasteiger partial charge in [0.1, 0.15) is 11.5 Å². The number of halogens is 2. The summed E-state index contributed by atoms with van der Waals surface area (Å²) < 4.78 is 55.5. The van der Waals surface area contributed by atoms with Crippen molar-refractivity contribution in [1.29, 1.82) is 0 Å². The van der Waals surface area contributed by atoms with Crippen LogP contribution in [0.25, 0.3) is 0 Å². The van der Waals surface area contributed by atoms with E-state index in [2.05, 4.69) is 10.0 Å². The first kappa shape index (κ1) is 16.1. The first-order valence-electron chi connectivity index (χ1n) is 6.70. The van der Waals surface area contributed by atoms with E-state index in [1.54, 1.807) is 18.2 Å². The van der Waals surface area contributed by atoms with Crippen LogP contribution < -0.4 is 10.0 Å². The monoisotopic (exact) mass is 320 g/mol. The SMILES string of the molecule is O=S(=O)(NC1CC1)c1ccccc1NCCOCC(F)F. The Morgan fingerprint density at radius 2 is 2.00 bits per heavy atom. The molecule has 1 saturated carbocycles. The van der Waals surface area contributed by atoms with E-state index in [4.69, 9.17) is 4.74 Å². The quantitative estimate of drug-likeness (QED) is 0.681. The summed E-state index contributed by atoms with van der Waals surface area (Å²) in [7, 11) is -3.56. The third-order valence-corrected chi connectivity index (χ3v) is 4.46. The normalized spacial score (nSPS) is 15.4. The molecule has 5 nitrogen and oxygen atoms in total. The molecule has 0 heterocycles. The van der Waals surface area contributed by atoms with Gasteiger partial charge in [0.15, 0.2) is 0 Å². The summed E-state index contributed by atoms with van der Waals surface area (Å²) in [5.41, 5.74) is 0.436. The van der Waals surface area contributed by atoms with Crippen molar-refractivity contribution in [2.45, 2.75) is 30.2 Å². The molecule has 1 aromatic carbocycles. The molecule has 0 spiro atoms. The molecule has 0 aromatic heterocycles. The highest BCUT2D eigenvalue weighted by molar-refractivity contribution is 7.89. The molecule has 0 aliphatic heterocycles. The third kappa shape index (κ3) is 5.22. The van der Waals surface area contributed by atoms with Crippen LogP contribution in [-0.2, 0) is 14.8 Å². The minimum absolute atomic E-state index is 0.0254. The molecule has 1 aliphatic rings. The van der Waals surface area contributed by atoms with Crippen molar-refractivity contribution >= 4 is 15.7 Å². The van der Waals surface area contributed by atoms with Crippen LogP contribution >= 0.6 is 0 Å². The van der Waals surface area contributed by atoms with Crippen molar-refractivity contribution < 1.29 is 21.9 Å². The van der Waals surface area contributed by atoms with Crippen LogP contribution in [0.5, 0.6) is 0 Å². The Morgan fingerprint density at radius 3 is 2.67 bits per heavy atom. The first-order chi connectivity index (χ1) is 9.99. The maximum Gasteiger partial charge on any atom is 0.261 e. The summed E-state index contributed by atoms with van der Waals surface area (Å²) in [6.45, 7) is -0.289. The van der Waals surface area contributed by atoms with Gasteiger partial charge in [0.05, 0.1) is 12.3 Å². The number of ether oxygens (including phenoxy) is 1. The van der Waals surface area contributed by atoms with Gasteiger partial charge in [-0.15, -0.1) is 0 Å². The molecule has 0 unspecified atom stereocenters. The standard InChI is InChI=1S/C13H18F2N2O3S/c14-13(15)9-20-8-7-16-11-3-1-2-4-12(11)21(18,19)17-10-5-6-10/h1-4,10,13,16-17H,5-9H2. The Morgan fingerprint density at radius 1 is 1.29 bits per heavy atom. The molecular weight excluding hydrogens is 302 g/mol. The largest absolute Gasteiger partial charge is 0.382 e. The van der Waals surface area contributed by atoms with Gasteiger partial charge in [0, 0.05) is 12.6 Å². The molecule has 1 fully saturated rings. The fraction of sp³-hybridized carbons (Fsp3) is 0.538. The zero-order valence-electron chi connectivity index (χ0n) is 11.4. The van der Waals surface area contributed by atoms with Crippen molar-refractivity contribution in [3.63, 3.8) is 0 Å². The number of sulfonamides is 1. The predicted molar refractivity (Wildman–Crippen MR) is 75.1 cm³/mol. The fourth-order valence-electron chi connectivity index (χ4n) is 1.76. The lowest BCUT2D eigenvalue weighted by atomic mass is 10.3. The van der Waals surface area contributed by atoms with Gasteiger partial charge >= 0.3 is 0 Å². The van der Waals surface area contributed by atoms with E-state index in [9.17, 15) is 17.2 Å². The molecule has 0 saturated heterocycles. The smallest absolute Gasteiger partial charge is 0.261 e. The van der Waals surface area contributed by atoms with Gasteiger partial charge in [-0.05, 0) is 25.0 Å². The summed E-state index contributed by atoms with van der Waals surface area (Å²) in [5.74, 6) is 0. The van der Waals surface area contributed by atoms with Crippen LogP contribution in [0.4, 0.5) is 14.5 Å². The van der Waals surface area contributed by atoms with Gasteiger partial charge in [-0.1, -0.05) is 12.1 Å². The van der Waals surface area contributed by atoms with Crippen molar-refractivity contribution in [2.24, 2.45) is 0 Å². The molecule has 1 aliphatic carbocycles. The number of alkyl halides is 2. The van der Waals surface area contributed by atoms with Crippen molar-refractivity contribution in [1.82, 2.24) is 4.72 Å². The zero-order valence-corrected chi connectivity index (χ0v) is 12.2. The van der Waals surface area contributed by atoms with Gasteiger partial charge < -0.3 is 10.1 Å². The lowest BCUT2D eigenvalue weighted by Crippen LogP contribution is -2.26. The Bertz CT molecular complexity index is 562. The summed E-state index contributed by atoms with van der Waals surface area (Å²) in [6.07, 6.45) is -0.785. The van der Waals surface area contributed by atoms with E-state index in [1.807, 2.05) is 0 Å². The molecule has 0 amide bonds. The molecule has 0 atom stereocenters. The Hall–Kier alpha value is -1.25. The maximum absolute atomic E-state index is 12.2. The second-order valence-corrected chi connectivity index (χ2v) is 6.47. The zero-order chi connectivity index (χ0) is 15.3. The molecule has 2 N–H and O–H groups in total. The molecule has 0 radical (unpaired) electrons. The molecule has 0 bridgehead atoms. The van der Waals surface area contributed by atoms with Crippen LogP contribution in [-0.4, -0.2) is 40.6 Å².